The number of benzene rings is 1. The van der Waals surface area contributed by atoms with Gasteiger partial charge in [-0.05, 0) is 44.0 Å². The zero-order valence-electron chi connectivity index (χ0n) is 17.8. The Bertz CT molecular complexity index is 873. The van der Waals surface area contributed by atoms with E-state index in [1.165, 1.54) is 10.6 Å². The van der Waals surface area contributed by atoms with Crippen molar-refractivity contribution < 1.29 is 9.59 Å². The van der Waals surface area contributed by atoms with Crippen molar-refractivity contribution in [2.45, 2.75) is 26.3 Å². The van der Waals surface area contributed by atoms with Crippen molar-refractivity contribution in [3.8, 4) is 0 Å². The van der Waals surface area contributed by atoms with Gasteiger partial charge in [0.05, 0.1) is 17.7 Å². The summed E-state index contributed by atoms with van der Waals surface area (Å²) >= 11 is 0. The summed E-state index contributed by atoms with van der Waals surface area (Å²) < 4.78 is 2.10. The Morgan fingerprint density at radius 1 is 1.07 bits per heavy atom. The monoisotopic (exact) mass is 523 g/mol. The van der Waals surface area contributed by atoms with Crippen molar-refractivity contribution in [1.82, 2.24) is 19.7 Å². The number of amides is 2. The second-order valence-corrected chi connectivity index (χ2v) is 7.22. The number of nitrogens with zero attached hydrogens (tertiary/aromatic N) is 4. The van der Waals surface area contributed by atoms with Crippen molar-refractivity contribution in [2.24, 2.45) is 12.0 Å². The van der Waals surface area contributed by atoms with Crippen LogP contribution in [0.5, 0.6) is 0 Å². The topological polar surface area (TPSA) is 69.9 Å². The summed E-state index contributed by atoms with van der Waals surface area (Å²) in [7, 11) is 4.06. The Morgan fingerprint density at radius 2 is 1.73 bits per heavy atom. The molecule has 0 radical (unpaired) electrons. The fourth-order valence-electron chi connectivity index (χ4n) is 3.46. The summed E-state index contributed by atoms with van der Waals surface area (Å²) in [4.78, 5) is 32.9. The van der Waals surface area contributed by atoms with Gasteiger partial charge in [0.2, 0.25) is 0 Å². The first-order valence-corrected chi connectivity index (χ1v) is 10.1. The number of guanidine groups is 1. The third-order valence-corrected chi connectivity index (χ3v) is 5.08. The molecule has 0 aliphatic carbocycles. The van der Waals surface area contributed by atoms with Gasteiger partial charge in [0.15, 0.2) is 5.96 Å². The molecular formula is C22H30IN5O2. The zero-order valence-corrected chi connectivity index (χ0v) is 20.1. The van der Waals surface area contributed by atoms with Crippen LogP contribution >= 0.6 is 24.0 Å². The number of hydrogen-bond donors (Lipinski definition) is 1. The minimum Gasteiger partial charge on any atom is -0.357 e. The molecule has 1 aliphatic rings. The molecule has 7 nitrogen and oxygen atoms in total. The standard InChI is InChI=1S/C22H29N5O2.HI/c1-4-23-22(26(3)16-17-10-9-14-25(17)2)24-13-7-8-15-27-20(28)18-11-5-6-12-19(18)21(27)29;/h5-6,9-12,14H,4,7-8,13,15-16H2,1-3H3,(H,23,24);1H. The highest BCUT2D eigenvalue weighted by atomic mass is 127. The summed E-state index contributed by atoms with van der Waals surface area (Å²) in [6.07, 6.45) is 3.57. The van der Waals surface area contributed by atoms with E-state index in [2.05, 4.69) is 20.9 Å². The number of carbonyl (C=O) groups excluding carboxylic acids is 2. The Hall–Kier alpha value is -2.36. The first-order valence-electron chi connectivity index (χ1n) is 10.1. The van der Waals surface area contributed by atoms with Crippen LogP contribution in [0.2, 0.25) is 0 Å². The molecule has 0 spiro atoms. The van der Waals surface area contributed by atoms with Crippen LogP contribution in [0.1, 0.15) is 46.2 Å². The molecule has 0 unspecified atom stereocenters. The highest BCUT2D eigenvalue weighted by molar-refractivity contribution is 14.0. The normalized spacial score (nSPS) is 13.3. The number of carbonyl (C=O) groups is 2. The lowest BCUT2D eigenvalue weighted by molar-refractivity contribution is 0.0652. The maximum Gasteiger partial charge on any atom is 0.261 e. The van der Waals surface area contributed by atoms with Gasteiger partial charge in [0.25, 0.3) is 11.8 Å². The van der Waals surface area contributed by atoms with Crippen LogP contribution in [0.25, 0.3) is 0 Å². The molecule has 1 aromatic carbocycles. The molecule has 8 heteroatoms. The smallest absolute Gasteiger partial charge is 0.261 e. The molecule has 2 amide bonds. The zero-order chi connectivity index (χ0) is 20.8. The molecule has 1 N–H and O–H groups in total. The molecule has 1 aliphatic heterocycles. The molecule has 30 heavy (non-hydrogen) atoms. The average Bonchev–Trinajstić information content (AvgIpc) is 3.22. The van der Waals surface area contributed by atoms with Gasteiger partial charge in [0.1, 0.15) is 0 Å². The lowest BCUT2D eigenvalue weighted by Gasteiger charge is -2.22. The van der Waals surface area contributed by atoms with Gasteiger partial charge < -0.3 is 14.8 Å². The molecular weight excluding hydrogens is 493 g/mol. The first-order chi connectivity index (χ1) is 14.0. The van der Waals surface area contributed by atoms with Crippen molar-refractivity contribution in [1.29, 1.82) is 0 Å². The summed E-state index contributed by atoms with van der Waals surface area (Å²) in [5.41, 5.74) is 2.23. The highest BCUT2D eigenvalue weighted by Gasteiger charge is 2.34. The van der Waals surface area contributed by atoms with Crippen molar-refractivity contribution >= 4 is 41.8 Å². The van der Waals surface area contributed by atoms with E-state index in [1.54, 1.807) is 24.3 Å². The molecule has 1 aromatic heterocycles. The minimum atomic E-state index is -0.190. The number of rotatable bonds is 8. The fraction of sp³-hybridized carbons (Fsp3) is 0.409. The van der Waals surface area contributed by atoms with Crippen LogP contribution in [0.15, 0.2) is 47.6 Å². The van der Waals surface area contributed by atoms with Gasteiger partial charge in [-0.1, -0.05) is 12.1 Å². The van der Waals surface area contributed by atoms with Gasteiger partial charge in [0, 0.05) is 45.6 Å². The second-order valence-electron chi connectivity index (χ2n) is 7.22. The lowest BCUT2D eigenvalue weighted by Crippen LogP contribution is -2.39. The lowest BCUT2D eigenvalue weighted by atomic mass is 10.1. The third-order valence-electron chi connectivity index (χ3n) is 5.08. The molecule has 0 saturated carbocycles. The summed E-state index contributed by atoms with van der Waals surface area (Å²) in [5.74, 6) is 0.476. The van der Waals surface area contributed by atoms with Gasteiger partial charge >= 0.3 is 0 Å². The number of unbranched alkanes of at least 4 members (excludes halogenated alkanes) is 1. The van der Waals surface area contributed by atoms with E-state index in [-0.39, 0.29) is 35.8 Å². The minimum absolute atomic E-state index is 0. The van der Waals surface area contributed by atoms with Crippen LogP contribution in [0.4, 0.5) is 0 Å². The van der Waals surface area contributed by atoms with E-state index in [9.17, 15) is 9.59 Å². The van der Waals surface area contributed by atoms with Gasteiger partial charge in [-0.25, -0.2) is 0 Å². The third kappa shape index (κ3) is 5.41. The van der Waals surface area contributed by atoms with Crippen molar-refractivity contribution in [3.63, 3.8) is 0 Å². The van der Waals surface area contributed by atoms with Crippen LogP contribution in [0, 0.1) is 0 Å². The number of fused-ring (bicyclic) bond motifs is 1. The maximum absolute atomic E-state index is 12.4. The van der Waals surface area contributed by atoms with Crippen LogP contribution in [-0.4, -0.2) is 58.8 Å². The molecule has 0 atom stereocenters. The number of imide groups is 1. The van der Waals surface area contributed by atoms with Gasteiger partial charge in [-0.3, -0.25) is 19.5 Å². The fourth-order valence-corrected chi connectivity index (χ4v) is 3.46. The van der Waals surface area contributed by atoms with Crippen molar-refractivity contribution in [3.05, 3.63) is 59.4 Å². The summed E-state index contributed by atoms with van der Waals surface area (Å²) in [6.45, 7) is 4.68. The Balaban J connectivity index is 0.00000320. The first kappa shape index (κ1) is 23.9. The number of nitrogens with one attached hydrogen (secondary N) is 1. The number of aryl methyl sites for hydroxylation is 1. The maximum atomic E-state index is 12.4. The average molecular weight is 523 g/mol. The quantitative estimate of drug-likeness (QED) is 0.190. The van der Waals surface area contributed by atoms with E-state index < -0.39 is 0 Å². The molecule has 162 valence electrons. The van der Waals surface area contributed by atoms with E-state index in [0.717, 1.165) is 31.9 Å². The molecule has 0 fully saturated rings. The van der Waals surface area contributed by atoms with Gasteiger partial charge in [-0.2, -0.15) is 0 Å². The van der Waals surface area contributed by atoms with E-state index in [4.69, 9.17) is 4.99 Å². The van der Waals surface area contributed by atoms with Crippen LogP contribution in [-0.2, 0) is 13.6 Å². The van der Waals surface area contributed by atoms with Crippen molar-refractivity contribution in [2.75, 3.05) is 26.7 Å². The molecule has 2 aromatic rings. The predicted molar refractivity (Wildman–Crippen MR) is 129 cm³/mol. The number of halogens is 1. The Labute approximate surface area is 195 Å². The molecule has 0 saturated heterocycles. The number of aromatic nitrogens is 1. The molecule has 0 bridgehead atoms. The van der Waals surface area contributed by atoms with E-state index >= 15 is 0 Å². The van der Waals surface area contributed by atoms with Gasteiger partial charge in [-0.15, -0.1) is 24.0 Å². The van der Waals surface area contributed by atoms with Crippen LogP contribution < -0.4 is 5.32 Å². The molecule has 2 heterocycles. The Morgan fingerprint density at radius 3 is 2.30 bits per heavy atom. The summed E-state index contributed by atoms with van der Waals surface area (Å²) in [5, 5.41) is 3.32. The summed E-state index contributed by atoms with van der Waals surface area (Å²) in [6, 6.07) is 11.1. The largest absolute Gasteiger partial charge is 0.357 e. The highest BCUT2D eigenvalue weighted by Crippen LogP contribution is 2.22. The van der Waals surface area contributed by atoms with Crippen LogP contribution in [0.3, 0.4) is 0 Å². The molecule has 3 rings (SSSR count). The van der Waals surface area contributed by atoms with E-state index in [0.29, 0.717) is 24.2 Å². The predicted octanol–water partition coefficient (Wildman–Crippen LogP) is 3.12. The second kappa shape index (κ2) is 11.1. The number of hydrogen-bond acceptors (Lipinski definition) is 3. The number of aliphatic imine (C=N–C) groups is 1. The Kier molecular flexibility index (Phi) is 8.88. The SMILES string of the molecule is CCNC(=NCCCCN1C(=O)c2ccccc2C1=O)N(C)Cc1cccn1C.I. The van der Waals surface area contributed by atoms with E-state index in [1.807, 2.05) is 33.3 Å².